The molecule has 0 amide bonds. The van der Waals surface area contributed by atoms with Crippen molar-refractivity contribution in [3.63, 3.8) is 0 Å². The van der Waals surface area contributed by atoms with Crippen molar-refractivity contribution in [2.24, 2.45) is 10.7 Å². The molecule has 5 heteroatoms. The van der Waals surface area contributed by atoms with Gasteiger partial charge >= 0.3 is 0 Å². The zero-order valence-electron chi connectivity index (χ0n) is 9.53. The Bertz CT molecular complexity index is 332. The minimum atomic E-state index is 0.602. The Morgan fingerprint density at radius 1 is 1.67 bits per heavy atom. The summed E-state index contributed by atoms with van der Waals surface area (Å²) in [5, 5.41) is 0. The third-order valence-electron chi connectivity index (χ3n) is 2.11. The summed E-state index contributed by atoms with van der Waals surface area (Å²) in [6.07, 6.45) is 1.02. The van der Waals surface area contributed by atoms with E-state index in [1.54, 1.807) is 11.3 Å². The number of rotatable bonds is 4. The molecule has 0 radical (unpaired) electrons. The summed E-state index contributed by atoms with van der Waals surface area (Å²) in [5.74, 6) is 0.602. The molecule has 0 saturated heterocycles. The summed E-state index contributed by atoms with van der Waals surface area (Å²) in [6, 6.07) is 0. The van der Waals surface area contributed by atoms with E-state index in [0.29, 0.717) is 5.96 Å². The van der Waals surface area contributed by atoms with E-state index in [4.69, 9.17) is 5.73 Å². The lowest BCUT2D eigenvalue weighted by molar-refractivity contribution is 0.495. The van der Waals surface area contributed by atoms with Crippen LogP contribution in [0.1, 0.15) is 23.9 Å². The maximum absolute atomic E-state index is 5.83. The average Bonchev–Trinajstić information content (AvgIpc) is 2.61. The van der Waals surface area contributed by atoms with Crippen LogP contribution in [0.25, 0.3) is 0 Å². The predicted octanol–water partition coefficient (Wildman–Crippen LogP) is 1.61. The van der Waals surface area contributed by atoms with E-state index in [-0.39, 0.29) is 0 Å². The van der Waals surface area contributed by atoms with Crippen LogP contribution in [0.5, 0.6) is 0 Å². The van der Waals surface area contributed by atoms with Crippen molar-refractivity contribution < 1.29 is 0 Å². The number of nitrogens with zero attached hydrogens (tertiary/aromatic N) is 3. The first-order valence-electron chi connectivity index (χ1n) is 5.05. The largest absolute Gasteiger partial charge is 0.370 e. The van der Waals surface area contributed by atoms with Crippen LogP contribution in [0.4, 0.5) is 0 Å². The first-order chi connectivity index (χ1) is 7.15. The highest BCUT2D eigenvalue weighted by atomic mass is 32.1. The molecule has 0 atom stereocenters. The van der Waals surface area contributed by atoms with Gasteiger partial charge in [-0.3, -0.25) is 4.99 Å². The second kappa shape index (κ2) is 5.70. The van der Waals surface area contributed by atoms with Gasteiger partial charge in [-0.25, -0.2) is 4.98 Å². The monoisotopic (exact) mass is 226 g/mol. The van der Waals surface area contributed by atoms with E-state index in [9.17, 15) is 0 Å². The molecular formula is C10H18N4S. The molecule has 1 heterocycles. The van der Waals surface area contributed by atoms with Crippen LogP contribution in [-0.2, 0) is 6.54 Å². The van der Waals surface area contributed by atoms with Crippen molar-refractivity contribution in [1.82, 2.24) is 9.88 Å². The molecule has 0 unspecified atom stereocenters. The molecule has 0 aliphatic heterocycles. The highest BCUT2D eigenvalue weighted by Gasteiger charge is 2.06. The number of nitrogens with two attached hydrogens (primary N) is 1. The highest BCUT2D eigenvalue weighted by molar-refractivity contribution is 7.09. The van der Waals surface area contributed by atoms with Crippen molar-refractivity contribution in [3.8, 4) is 0 Å². The van der Waals surface area contributed by atoms with Crippen LogP contribution in [0.2, 0.25) is 0 Å². The number of aryl methyl sites for hydroxylation is 1. The Hall–Kier alpha value is -1.10. The van der Waals surface area contributed by atoms with E-state index >= 15 is 0 Å². The summed E-state index contributed by atoms with van der Waals surface area (Å²) in [6.45, 7) is 5.68. The molecule has 84 valence electrons. The van der Waals surface area contributed by atoms with Gasteiger partial charge in [0.1, 0.15) is 0 Å². The Morgan fingerprint density at radius 2 is 2.40 bits per heavy atom. The van der Waals surface area contributed by atoms with E-state index in [0.717, 1.165) is 25.2 Å². The summed E-state index contributed by atoms with van der Waals surface area (Å²) < 4.78 is 0. The quantitative estimate of drug-likeness (QED) is 0.627. The molecule has 0 spiro atoms. The zero-order chi connectivity index (χ0) is 11.3. The van der Waals surface area contributed by atoms with Crippen molar-refractivity contribution in [2.75, 3.05) is 13.6 Å². The van der Waals surface area contributed by atoms with Gasteiger partial charge in [-0.2, -0.15) is 0 Å². The predicted molar refractivity (Wildman–Crippen MR) is 65.1 cm³/mol. The normalized spacial score (nSPS) is 11.8. The van der Waals surface area contributed by atoms with Gasteiger partial charge in [-0.15, -0.1) is 11.3 Å². The number of hydrogen-bond acceptors (Lipinski definition) is 3. The van der Waals surface area contributed by atoms with Gasteiger partial charge in [0, 0.05) is 18.5 Å². The van der Waals surface area contributed by atoms with Crippen molar-refractivity contribution in [1.29, 1.82) is 0 Å². The fourth-order valence-corrected chi connectivity index (χ4v) is 1.95. The van der Waals surface area contributed by atoms with E-state index in [2.05, 4.69) is 16.9 Å². The molecule has 0 aliphatic rings. The molecule has 1 aromatic heterocycles. The molecule has 4 nitrogen and oxygen atoms in total. The number of aromatic nitrogens is 1. The minimum Gasteiger partial charge on any atom is -0.370 e. The van der Waals surface area contributed by atoms with Crippen molar-refractivity contribution >= 4 is 17.3 Å². The Labute approximate surface area is 94.8 Å². The number of thiazole rings is 1. The van der Waals surface area contributed by atoms with E-state index in [1.807, 2.05) is 24.4 Å². The van der Waals surface area contributed by atoms with Gasteiger partial charge in [0.15, 0.2) is 5.96 Å². The highest BCUT2D eigenvalue weighted by Crippen LogP contribution is 2.13. The van der Waals surface area contributed by atoms with Crippen LogP contribution >= 0.6 is 11.3 Å². The van der Waals surface area contributed by atoms with Gasteiger partial charge in [-0.1, -0.05) is 6.92 Å². The summed E-state index contributed by atoms with van der Waals surface area (Å²) in [5.41, 5.74) is 8.77. The zero-order valence-corrected chi connectivity index (χ0v) is 10.3. The number of aliphatic imine (C=N–C) groups is 1. The van der Waals surface area contributed by atoms with Gasteiger partial charge in [0.2, 0.25) is 0 Å². The lowest BCUT2D eigenvalue weighted by atomic mass is 10.4. The van der Waals surface area contributed by atoms with Crippen molar-refractivity contribution in [2.45, 2.75) is 26.8 Å². The lowest BCUT2D eigenvalue weighted by Crippen LogP contribution is -2.33. The summed E-state index contributed by atoms with van der Waals surface area (Å²) in [7, 11) is 1.95. The molecular weight excluding hydrogens is 208 g/mol. The number of hydrogen-bond donors (Lipinski definition) is 1. The van der Waals surface area contributed by atoms with Crippen LogP contribution in [-0.4, -0.2) is 29.4 Å². The molecule has 1 aromatic rings. The third kappa shape index (κ3) is 3.51. The molecule has 0 bridgehead atoms. The molecule has 0 fully saturated rings. The van der Waals surface area contributed by atoms with Crippen LogP contribution in [0.15, 0.2) is 10.5 Å². The Kier molecular flexibility index (Phi) is 4.55. The van der Waals surface area contributed by atoms with Crippen molar-refractivity contribution in [3.05, 3.63) is 16.1 Å². The molecule has 0 aromatic carbocycles. The molecule has 0 saturated carbocycles. The van der Waals surface area contributed by atoms with Gasteiger partial charge in [0.05, 0.1) is 17.7 Å². The topological polar surface area (TPSA) is 54.5 Å². The maximum atomic E-state index is 5.83. The lowest BCUT2D eigenvalue weighted by Gasteiger charge is -2.17. The Morgan fingerprint density at radius 3 is 2.93 bits per heavy atom. The fraction of sp³-hybridized carbons (Fsp3) is 0.600. The van der Waals surface area contributed by atoms with Crippen LogP contribution in [0.3, 0.4) is 0 Å². The average molecular weight is 226 g/mol. The fourth-order valence-electron chi connectivity index (χ4n) is 1.12. The Balaban J connectivity index is 2.55. The smallest absolute Gasteiger partial charge is 0.191 e. The third-order valence-corrected chi connectivity index (χ3v) is 3.03. The maximum Gasteiger partial charge on any atom is 0.191 e. The second-order valence-electron chi connectivity index (χ2n) is 3.46. The number of guanidine groups is 1. The second-order valence-corrected chi connectivity index (χ2v) is 4.40. The summed E-state index contributed by atoms with van der Waals surface area (Å²) in [4.78, 5) is 11.7. The summed E-state index contributed by atoms with van der Waals surface area (Å²) >= 11 is 1.66. The standard InChI is InChI=1S/C10H18N4S/c1-4-5-12-10(11)14(3)6-9-8(2)13-7-15-9/h7H,4-6H2,1-3H3,(H2,11,12). The van der Waals surface area contributed by atoms with Gasteiger partial charge < -0.3 is 10.6 Å². The first kappa shape index (κ1) is 12.0. The van der Waals surface area contributed by atoms with Gasteiger partial charge in [-0.05, 0) is 13.3 Å². The molecule has 0 aliphatic carbocycles. The van der Waals surface area contributed by atoms with Gasteiger partial charge in [0.25, 0.3) is 0 Å². The van der Waals surface area contributed by atoms with E-state index < -0.39 is 0 Å². The molecule has 1 rings (SSSR count). The van der Waals surface area contributed by atoms with Crippen LogP contribution < -0.4 is 5.73 Å². The van der Waals surface area contributed by atoms with E-state index in [1.165, 1.54) is 4.88 Å². The minimum absolute atomic E-state index is 0.602. The first-order valence-corrected chi connectivity index (χ1v) is 5.93. The molecule has 15 heavy (non-hydrogen) atoms. The van der Waals surface area contributed by atoms with Crippen LogP contribution in [0, 0.1) is 6.92 Å². The SMILES string of the molecule is CCCN=C(N)N(C)Cc1scnc1C. The molecule has 2 N–H and O–H groups in total.